The van der Waals surface area contributed by atoms with Crippen molar-refractivity contribution in [2.45, 2.75) is 26.3 Å². The monoisotopic (exact) mass is 454 g/mol. The van der Waals surface area contributed by atoms with Crippen LogP contribution in [0.3, 0.4) is 0 Å². The molecule has 1 aromatic rings. The van der Waals surface area contributed by atoms with E-state index in [4.69, 9.17) is 4.74 Å². The highest BCUT2D eigenvalue weighted by Crippen LogP contribution is 2.16. The summed E-state index contributed by atoms with van der Waals surface area (Å²) in [7, 11) is 5.67. The molecule has 23 heavy (non-hydrogen) atoms. The molecule has 0 fully saturated rings. The molecule has 0 radical (unpaired) electrons. The SMILES string of the molecule is CCc1ccc(CNC(=NC)NCCCN(C)CCOC)s1.I. The van der Waals surface area contributed by atoms with Gasteiger partial charge in [-0.25, -0.2) is 0 Å². The molecule has 0 aliphatic heterocycles. The van der Waals surface area contributed by atoms with Crippen LogP contribution in [0.2, 0.25) is 0 Å². The van der Waals surface area contributed by atoms with Crippen LogP contribution in [0.25, 0.3) is 0 Å². The van der Waals surface area contributed by atoms with E-state index in [1.54, 1.807) is 7.11 Å². The Hall–Kier alpha value is -0.380. The van der Waals surface area contributed by atoms with Crippen molar-refractivity contribution in [1.29, 1.82) is 0 Å². The van der Waals surface area contributed by atoms with Gasteiger partial charge in [0.25, 0.3) is 0 Å². The first kappa shape index (κ1) is 22.6. The smallest absolute Gasteiger partial charge is 0.191 e. The number of methoxy groups -OCH3 is 1. The Balaban J connectivity index is 0.00000484. The Bertz CT molecular complexity index is 439. The predicted octanol–water partition coefficient (Wildman–Crippen LogP) is 2.56. The molecule has 1 heterocycles. The molecule has 7 heteroatoms. The number of halogens is 1. The maximum Gasteiger partial charge on any atom is 0.191 e. The minimum absolute atomic E-state index is 0. The Morgan fingerprint density at radius 3 is 2.61 bits per heavy atom. The zero-order valence-corrected chi connectivity index (χ0v) is 17.9. The minimum Gasteiger partial charge on any atom is -0.383 e. The standard InChI is InChI=1S/C16H30N4OS.HI/c1-5-14-7-8-15(22-14)13-19-16(17-2)18-9-6-10-20(3)11-12-21-4;/h7-8H,5-6,9-13H2,1-4H3,(H2,17,18,19);1H. The van der Waals surface area contributed by atoms with E-state index in [0.717, 1.165) is 51.6 Å². The summed E-state index contributed by atoms with van der Waals surface area (Å²) in [6.45, 7) is 6.75. The average Bonchev–Trinajstić information content (AvgIpc) is 3.00. The summed E-state index contributed by atoms with van der Waals surface area (Å²) in [5, 5.41) is 6.72. The van der Waals surface area contributed by atoms with Gasteiger partial charge < -0.3 is 20.3 Å². The lowest BCUT2D eigenvalue weighted by atomic mass is 10.3. The quantitative estimate of drug-likeness (QED) is 0.247. The van der Waals surface area contributed by atoms with Crippen LogP contribution in [0.4, 0.5) is 0 Å². The lowest BCUT2D eigenvalue weighted by Crippen LogP contribution is -2.38. The van der Waals surface area contributed by atoms with Crippen molar-refractivity contribution in [3.8, 4) is 0 Å². The molecule has 5 nitrogen and oxygen atoms in total. The van der Waals surface area contributed by atoms with Gasteiger partial charge in [0.05, 0.1) is 13.2 Å². The van der Waals surface area contributed by atoms with Gasteiger partial charge in [0.2, 0.25) is 0 Å². The number of ether oxygens (including phenoxy) is 1. The summed E-state index contributed by atoms with van der Waals surface area (Å²) in [4.78, 5) is 9.31. The molecule has 1 aromatic heterocycles. The molecule has 0 aliphatic carbocycles. The molecule has 0 amide bonds. The van der Waals surface area contributed by atoms with Crippen LogP contribution >= 0.6 is 35.3 Å². The lowest BCUT2D eigenvalue weighted by molar-refractivity contribution is 0.161. The number of thiophene rings is 1. The third-order valence-corrected chi connectivity index (χ3v) is 4.64. The number of hydrogen-bond donors (Lipinski definition) is 2. The lowest BCUT2D eigenvalue weighted by Gasteiger charge is -2.16. The highest BCUT2D eigenvalue weighted by molar-refractivity contribution is 14.0. The number of likely N-dealkylation sites (N-methyl/N-ethyl adjacent to an activating group) is 1. The Morgan fingerprint density at radius 1 is 1.26 bits per heavy atom. The summed E-state index contributed by atoms with van der Waals surface area (Å²) < 4.78 is 5.07. The van der Waals surface area contributed by atoms with Gasteiger partial charge in [-0.15, -0.1) is 35.3 Å². The molecule has 0 saturated carbocycles. The molecule has 1 rings (SSSR count). The second-order valence-electron chi connectivity index (χ2n) is 5.22. The summed E-state index contributed by atoms with van der Waals surface area (Å²) in [6.07, 6.45) is 2.19. The van der Waals surface area contributed by atoms with Gasteiger partial charge in [-0.3, -0.25) is 4.99 Å². The van der Waals surface area contributed by atoms with Gasteiger partial charge in [0.1, 0.15) is 0 Å². The molecular weight excluding hydrogens is 423 g/mol. The fourth-order valence-corrected chi connectivity index (χ4v) is 2.91. The van der Waals surface area contributed by atoms with Gasteiger partial charge in [-0.2, -0.15) is 0 Å². The van der Waals surface area contributed by atoms with Crippen LogP contribution in [-0.4, -0.2) is 58.3 Å². The highest BCUT2D eigenvalue weighted by Gasteiger charge is 2.02. The van der Waals surface area contributed by atoms with Crippen molar-refractivity contribution in [2.24, 2.45) is 4.99 Å². The molecule has 0 aliphatic rings. The van der Waals surface area contributed by atoms with Crippen molar-refractivity contribution < 1.29 is 4.74 Å². The van der Waals surface area contributed by atoms with E-state index in [0.29, 0.717) is 0 Å². The molecule has 0 bridgehead atoms. The van der Waals surface area contributed by atoms with Gasteiger partial charge in [-0.05, 0) is 38.6 Å². The number of hydrogen-bond acceptors (Lipinski definition) is 4. The zero-order valence-electron chi connectivity index (χ0n) is 14.7. The predicted molar refractivity (Wildman–Crippen MR) is 111 cm³/mol. The summed E-state index contributed by atoms with van der Waals surface area (Å²) in [6, 6.07) is 4.39. The van der Waals surface area contributed by atoms with Gasteiger partial charge in [-0.1, -0.05) is 6.92 Å². The molecule has 0 aromatic carbocycles. The van der Waals surface area contributed by atoms with Gasteiger partial charge in [0.15, 0.2) is 5.96 Å². The molecule has 2 N–H and O–H groups in total. The number of rotatable bonds is 10. The van der Waals surface area contributed by atoms with Crippen LogP contribution in [0.5, 0.6) is 0 Å². The number of aryl methyl sites for hydroxylation is 1. The Morgan fingerprint density at radius 2 is 2.00 bits per heavy atom. The first-order chi connectivity index (χ1) is 10.7. The molecule has 0 atom stereocenters. The van der Waals surface area contributed by atoms with Crippen LogP contribution in [0, 0.1) is 0 Å². The van der Waals surface area contributed by atoms with E-state index in [9.17, 15) is 0 Å². The first-order valence-corrected chi connectivity index (χ1v) is 8.70. The van der Waals surface area contributed by atoms with Crippen LogP contribution in [0.1, 0.15) is 23.1 Å². The second kappa shape index (κ2) is 14.0. The van der Waals surface area contributed by atoms with Crippen molar-refractivity contribution >= 4 is 41.3 Å². The number of guanidine groups is 1. The topological polar surface area (TPSA) is 48.9 Å². The van der Waals surface area contributed by atoms with E-state index >= 15 is 0 Å². The normalized spacial score (nSPS) is 11.4. The third kappa shape index (κ3) is 10.2. The summed E-state index contributed by atoms with van der Waals surface area (Å²) in [5.41, 5.74) is 0. The van der Waals surface area contributed by atoms with E-state index in [-0.39, 0.29) is 24.0 Å². The largest absolute Gasteiger partial charge is 0.383 e. The fourth-order valence-electron chi connectivity index (χ4n) is 2.01. The second-order valence-corrected chi connectivity index (χ2v) is 6.48. The Kier molecular flexibility index (Phi) is 13.8. The maximum atomic E-state index is 5.07. The maximum absolute atomic E-state index is 5.07. The number of aliphatic imine (C=N–C) groups is 1. The molecule has 134 valence electrons. The van der Waals surface area contributed by atoms with Crippen molar-refractivity contribution in [3.05, 3.63) is 21.9 Å². The number of nitrogens with zero attached hydrogens (tertiary/aromatic N) is 2. The summed E-state index contributed by atoms with van der Waals surface area (Å²) in [5.74, 6) is 0.867. The van der Waals surface area contributed by atoms with Crippen molar-refractivity contribution in [1.82, 2.24) is 15.5 Å². The highest BCUT2D eigenvalue weighted by atomic mass is 127. The first-order valence-electron chi connectivity index (χ1n) is 7.89. The van der Waals surface area contributed by atoms with Crippen LogP contribution in [-0.2, 0) is 17.7 Å². The average molecular weight is 454 g/mol. The van der Waals surface area contributed by atoms with Crippen LogP contribution < -0.4 is 10.6 Å². The van der Waals surface area contributed by atoms with Gasteiger partial charge >= 0.3 is 0 Å². The molecular formula is C16H31IN4OS. The molecule has 0 saturated heterocycles. The van der Waals surface area contributed by atoms with E-state index in [2.05, 4.69) is 46.6 Å². The fraction of sp³-hybridized carbons (Fsp3) is 0.688. The number of nitrogens with one attached hydrogen (secondary N) is 2. The zero-order chi connectivity index (χ0) is 16.2. The van der Waals surface area contributed by atoms with Crippen LogP contribution in [0.15, 0.2) is 17.1 Å². The minimum atomic E-state index is 0. The van der Waals surface area contributed by atoms with Crippen molar-refractivity contribution in [2.75, 3.05) is 47.4 Å². The molecule has 0 unspecified atom stereocenters. The van der Waals surface area contributed by atoms with Crippen molar-refractivity contribution in [3.63, 3.8) is 0 Å². The molecule has 0 spiro atoms. The van der Waals surface area contributed by atoms with E-state index < -0.39 is 0 Å². The van der Waals surface area contributed by atoms with E-state index in [1.165, 1.54) is 9.75 Å². The Labute approximate surface area is 161 Å². The third-order valence-electron chi connectivity index (χ3n) is 3.41. The van der Waals surface area contributed by atoms with E-state index in [1.807, 2.05) is 18.4 Å². The summed E-state index contributed by atoms with van der Waals surface area (Å²) >= 11 is 1.86. The van der Waals surface area contributed by atoms with Gasteiger partial charge in [0, 0.05) is 37.0 Å².